The van der Waals surface area contributed by atoms with Gasteiger partial charge in [0.2, 0.25) is 0 Å². The number of H-pyrrole nitrogens is 1. The molecule has 1 N–H and O–H groups in total. The Labute approximate surface area is 101 Å². The molecule has 0 aliphatic rings. The standard InChI is InChI=1S/C13H15ClN2/c1-9(2)7-10-3-5-11(6-4-10)13-12(14)8-15-16-13/h3-6,8-9H,7H2,1-2H3,(H,15,16). The predicted molar refractivity (Wildman–Crippen MR) is 67.6 cm³/mol. The molecule has 0 unspecified atom stereocenters. The molecule has 84 valence electrons. The third-order valence-electron chi connectivity index (χ3n) is 2.48. The highest BCUT2D eigenvalue weighted by molar-refractivity contribution is 6.32. The second-order valence-corrected chi connectivity index (χ2v) is 4.80. The summed E-state index contributed by atoms with van der Waals surface area (Å²) in [7, 11) is 0. The van der Waals surface area contributed by atoms with E-state index in [1.54, 1.807) is 6.20 Å². The fraction of sp³-hybridized carbons (Fsp3) is 0.308. The van der Waals surface area contributed by atoms with E-state index in [9.17, 15) is 0 Å². The Morgan fingerprint density at radius 3 is 2.44 bits per heavy atom. The maximum Gasteiger partial charge on any atom is 0.0862 e. The molecule has 1 aromatic heterocycles. The van der Waals surface area contributed by atoms with Crippen LogP contribution in [0.5, 0.6) is 0 Å². The van der Waals surface area contributed by atoms with Gasteiger partial charge in [0, 0.05) is 5.56 Å². The van der Waals surface area contributed by atoms with Crippen molar-refractivity contribution in [3.05, 3.63) is 41.0 Å². The van der Waals surface area contributed by atoms with Gasteiger partial charge in [-0.05, 0) is 17.9 Å². The molecule has 0 radical (unpaired) electrons. The maximum absolute atomic E-state index is 6.00. The second kappa shape index (κ2) is 4.71. The van der Waals surface area contributed by atoms with E-state index < -0.39 is 0 Å². The van der Waals surface area contributed by atoms with Crippen LogP contribution in [0.3, 0.4) is 0 Å². The molecule has 2 nitrogen and oxygen atoms in total. The van der Waals surface area contributed by atoms with Gasteiger partial charge in [0.15, 0.2) is 0 Å². The Balaban J connectivity index is 2.23. The van der Waals surface area contributed by atoms with Gasteiger partial charge < -0.3 is 0 Å². The molecule has 2 rings (SSSR count). The fourth-order valence-electron chi connectivity index (χ4n) is 1.75. The van der Waals surface area contributed by atoms with Gasteiger partial charge >= 0.3 is 0 Å². The number of rotatable bonds is 3. The lowest BCUT2D eigenvalue weighted by Gasteiger charge is -2.05. The Bertz CT molecular complexity index is 457. The van der Waals surface area contributed by atoms with Crippen LogP contribution >= 0.6 is 11.6 Å². The van der Waals surface area contributed by atoms with Crippen molar-refractivity contribution in [2.75, 3.05) is 0 Å². The summed E-state index contributed by atoms with van der Waals surface area (Å²) in [5, 5.41) is 7.48. The Kier molecular flexibility index (Phi) is 3.30. The van der Waals surface area contributed by atoms with E-state index in [-0.39, 0.29) is 0 Å². The van der Waals surface area contributed by atoms with Gasteiger partial charge in [0.05, 0.1) is 16.9 Å². The highest BCUT2D eigenvalue weighted by Crippen LogP contribution is 2.25. The Morgan fingerprint density at radius 1 is 1.25 bits per heavy atom. The minimum absolute atomic E-state index is 0.664. The summed E-state index contributed by atoms with van der Waals surface area (Å²) in [5.74, 6) is 0.682. The highest BCUT2D eigenvalue weighted by atomic mass is 35.5. The monoisotopic (exact) mass is 234 g/mol. The molecular weight excluding hydrogens is 220 g/mol. The van der Waals surface area contributed by atoms with Crippen LogP contribution in [-0.4, -0.2) is 10.2 Å². The molecule has 2 aromatic rings. The summed E-state index contributed by atoms with van der Waals surface area (Å²) in [6, 6.07) is 8.45. The molecule has 0 aliphatic carbocycles. The van der Waals surface area contributed by atoms with Crippen molar-refractivity contribution in [2.24, 2.45) is 5.92 Å². The molecule has 16 heavy (non-hydrogen) atoms. The van der Waals surface area contributed by atoms with E-state index in [0.717, 1.165) is 17.7 Å². The van der Waals surface area contributed by atoms with Crippen LogP contribution in [0.4, 0.5) is 0 Å². The van der Waals surface area contributed by atoms with Crippen molar-refractivity contribution in [1.29, 1.82) is 0 Å². The molecule has 3 heteroatoms. The van der Waals surface area contributed by atoms with Gasteiger partial charge in [-0.2, -0.15) is 5.10 Å². The molecule has 0 bridgehead atoms. The summed E-state index contributed by atoms with van der Waals surface area (Å²) in [4.78, 5) is 0. The number of halogens is 1. The fourth-order valence-corrected chi connectivity index (χ4v) is 1.95. The highest BCUT2D eigenvalue weighted by Gasteiger charge is 2.05. The largest absolute Gasteiger partial charge is 0.276 e. The van der Waals surface area contributed by atoms with Gasteiger partial charge in [-0.15, -0.1) is 0 Å². The van der Waals surface area contributed by atoms with Crippen molar-refractivity contribution in [3.8, 4) is 11.3 Å². The first kappa shape index (κ1) is 11.2. The average molecular weight is 235 g/mol. The first-order chi connectivity index (χ1) is 7.66. The minimum atomic E-state index is 0.664. The molecule has 0 saturated heterocycles. The molecule has 0 fully saturated rings. The first-order valence-corrected chi connectivity index (χ1v) is 5.83. The van der Waals surface area contributed by atoms with Gasteiger partial charge in [0.1, 0.15) is 0 Å². The smallest absolute Gasteiger partial charge is 0.0862 e. The number of aromatic amines is 1. The van der Waals surface area contributed by atoms with Crippen LogP contribution < -0.4 is 0 Å². The summed E-state index contributed by atoms with van der Waals surface area (Å²) >= 11 is 6.00. The lowest BCUT2D eigenvalue weighted by atomic mass is 10.0. The molecule has 0 atom stereocenters. The third-order valence-corrected chi connectivity index (χ3v) is 2.77. The van der Waals surface area contributed by atoms with E-state index in [0.29, 0.717) is 10.9 Å². The quantitative estimate of drug-likeness (QED) is 0.857. The zero-order valence-corrected chi connectivity index (χ0v) is 10.3. The van der Waals surface area contributed by atoms with Crippen LogP contribution in [0.15, 0.2) is 30.5 Å². The SMILES string of the molecule is CC(C)Cc1ccc(-c2[nH]ncc2Cl)cc1. The first-order valence-electron chi connectivity index (χ1n) is 5.45. The van der Waals surface area contributed by atoms with Crippen molar-refractivity contribution < 1.29 is 0 Å². The number of aromatic nitrogens is 2. The van der Waals surface area contributed by atoms with Crippen molar-refractivity contribution in [3.63, 3.8) is 0 Å². The maximum atomic E-state index is 6.00. The predicted octanol–water partition coefficient (Wildman–Crippen LogP) is 3.93. The summed E-state index contributed by atoms with van der Waals surface area (Å²) in [6.45, 7) is 4.44. The van der Waals surface area contributed by atoms with Crippen LogP contribution in [0.25, 0.3) is 11.3 Å². The second-order valence-electron chi connectivity index (χ2n) is 4.39. The van der Waals surface area contributed by atoms with Gasteiger partial charge in [-0.3, -0.25) is 5.10 Å². The third kappa shape index (κ3) is 2.45. The summed E-state index contributed by atoms with van der Waals surface area (Å²) in [5.41, 5.74) is 3.32. The van der Waals surface area contributed by atoms with Gasteiger partial charge in [0.25, 0.3) is 0 Å². The molecule has 0 amide bonds. The molecule has 1 heterocycles. The van der Waals surface area contributed by atoms with Crippen molar-refractivity contribution in [2.45, 2.75) is 20.3 Å². The summed E-state index contributed by atoms with van der Waals surface area (Å²) < 4.78 is 0. The summed E-state index contributed by atoms with van der Waals surface area (Å²) in [6.07, 6.45) is 2.73. The number of nitrogens with one attached hydrogen (secondary N) is 1. The number of benzene rings is 1. The van der Waals surface area contributed by atoms with Crippen molar-refractivity contribution in [1.82, 2.24) is 10.2 Å². The Hall–Kier alpha value is -1.28. The van der Waals surface area contributed by atoms with Crippen LogP contribution in [-0.2, 0) is 6.42 Å². The molecule has 1 aromatic carbocycles. The van der Waals surface area contributed by atoms with Crippen LogP contribution in [0.2, 0.25) is 5.02 Å². The van der Waals surface area contributed by atoms with E-state index >= 15 is 0 Å². The lowest BCUT2D eigenvalue weighted by molar-refractivity contribution is 0.647. The van der Waals surface area contributed by atoms with E-state index in [4.69, 9.17) is 11.6 Å². The van der Waals surface area contributed by atoms with Crippen LogP contribution in [0, 0.1) is 5.92 Å². The van der Waals surface area contributed by atoms with Gasteiger partial charge in [-0.25, -0.2) is 0 Å². The van der Waals surface area contributed by atoms with E-state index in [1.165, 1.54) is 5.56 Å². The van der Waals surface area contributed by atoms with E-state index in [1.807, 2.05) is 0 Å². The van der Waals surface area contributed by atoms with E-state index in [2.05, 4.69) is 48.3 Å². The average Bonchev–Trinajstić information content (AvgIpc) is 2.65. The minimum Gasteiger partial charge on any atom is -0.276 e. The zero-order valence-electron chi connectivity index (χ0n) is 9.50. The number of hydrogen-bond donors (Lipinski definition) is 1. The lowest BCUT2D eigenvalue weighted by Crippen LogP contribution is -1.93. The Morgan fingerprint density at radius 2 is 1.94 bits per heavy atom. The normalized spacial score (nSPS) is 11.0. The zero-order chi connectivity index (χ0) is 11.5. The topological polar surface area (TPSA) is 28.7 Å². The number of nitrogens with zero attached hydrogens (tertiary/aromatic N) is 1. The van der Waals surface area contributed by atoms with Crippen molar-refractivity contribution >= 4 is 11.6 Å². The molecule has 0 saturated carbocycles. The molecular formula is C13H15ClN2. The molecule has 0 aliphatic heterocycles. The van der Waals surface area contributed by atoms with Crippen LogP contribution in [0.1, 0.15) is 19.4 Å². The number of hydrogen-bond acceptors (Lipinski definition) is 1. The molecule has 0 spiro atoms. The van der Waals surface area contributed by atoms with Gasteiger partial charge in [-0.1, -0.05) is 49.7 Å².